The molecule has 2 aromatic carbocycles. The van der Waals surface area contributed by atoms with Crippen molar-refractivity contribution >= 4 is 17.1 Å². The number of ether oxygens (including phenoxy) is 1. The Morgan fingerprint density at radius 3 is 2.85 bits per heavy atom. The molecule has 3 aromatic rings. The van der Waals surface area contributed by atoms with Crippen molar-refractivity contribution < 1.29 is 19.1 Å². The molecule has 0 amide bonds. The first-order valence-corrected chi connectivity index (χ1v) is 6.03. The molecule has 1 heterocycles. The predicted octanol–water partition coefficient (Wildman–Crippen LogP) is 3.11. The summed E-state index contributed by atoms with van der Waals surface area (Å²) < 4.78 is 11.0. The fourth-order valence-electron chi connectivity index (χ4n) is 1.85. The topological polar surface area (TPSA) is 72.6 Å². The van der Waals surface area contributed by atoms with Crippen LogP contribution in [-0.2, 0) is 6.61 Å². The first-order valence-electron chi connectivity index (χ1n) is 6.03. The Morgan fingerprint density at radius 1 is 1.20 bits per heavy atom. The second-order valence-electron chi connectivity index (χ2n) is 4.20. The number of benzene rings is 2. The van der Waals surface area contributed by atoms with Crippen LogP contribution in [0.2, 0.25) is 0 Å². The molecule has 0 atom stereocenters. The Morgan fingerprint density at radius 2 is 2.05 bits per heavy atom. The second-order valence-corrected chi connectivity index (χ2v) is 4.20. The Hall–Kier alpha value is -2.82. The van der Waals surface area contributed by atoms with Gasteiger partial charge in [-0.1, -0.05) is 18.2 Å². The number of carboxylic acid groups (broad SMARTS) is 1. The van der Waals surface area contributed by atoms with Gasteiger partial charge >= 0.3 is 5.97 Å². The first kappa shape index (κ1) is 12.2. The van der Waals surface area contributed by atoms with Gasteiger partial charge in [0.05, 0.1) is 5.56 Å². The summed E-state index contributed by atoms with van der Waals surface area (Å²) in [5, 5.41) is 8.90. The molecule has 0 spiro atoms. The quantitative estimate of drug-likeness (QED) is 0.787. The smallest absolute Gasteiger partial charge is 0.335 e. The van der Waals surface area contributed by atoms with Gasteiger partial charge in [0, 0.05) is 0 Å². The maximum absolute atomic E-state index is 10.9. The Labute approximate surface area is 114 Å². The van der Waals surface area contributed by atoms with E-state index in [9.17, 15) is 4.79 Å². The van der Waals surface area contributed by atoms with Gasteiger partial charge in [-0.3, -0.25) is 0 Å². The highest BCUT2D eigenvalue weighted by Gasteiger charge is 2.07. The van der Waals surface area contributed by atoms with Crippen molar-refractivity contribution in [2.45, 2.75) is 6.61 Å². The lowest BCUT2D eigenvalue weighted by atomic mass is 10.2. The number of aromatic carboxylic acids is 1. The number of hydrogen-bond donors (Lipinski definition) is 1. The number of hydrogen-bond acceptors (Lipinski definition) is 4. The molecule has 0 saturated carbocycles. The van der Waals surface area contributed by atoms with E-state index in [4.69, 9.17) is 14.3 Å². The van der Waals surface area contributed by atoms with E-state index in [1.807, 2.05) is 24.3 Å². The minimum absolute atomic E-state index is 0.151. The van der Waals surface area contributed by atoms with Crippen LogP contribution in [0.15, 0.2) is 52.9 Å². The monoisotopic (exact) mass is 269 g/mol. The third-order valence-corrected chi connectivity index (χ3v) is 2.78. The highest BCUT2D eigenvalue weighted by molar-refractivity contribution is 5.88. The summed E-state index contributed by atoms with van der Waals surface area (Å²) in [5.74, 6) is -0.0728. The predicted molar refractivity (Wildman–Crippen MR) is 71.7 cm³/mol. The van der Waals surface area contributed by atoms with E-state index in [-0.39, 0.29) is 12.2 Å². The van der Waals surface area contributed by atoms with Gasteiger partial charge in [0.25, 0.3) is 0 Å². The molecule has 0 fully saturated rings. The van der Waals surface area contributed by atoms with E-state index < -0.39 is 5.97 Å². The lowest BCUT2D eigenvalue weighted by Crippen LogP contribution is -1.99. The summed E-state index contributed by atoms with van der Waals surface area (Å²) in [5.41, 5.74) is 1.65. The van der Waals surface area contributed by atoms with Gasteiger partial charge in [0.15, 0.2) is 12.2 Å². The number of nitrogens with zero attached hydrogens (tertiary/aromatic N) is 1. The maximum atomic E-state index is 10.9. The van der Waals surface area contributed by atoms with Crippen LogP contribution in [-0.4, -0.2) is 16.1 Å². The van der Waals surface area contributed by atoms with Crippen molar-refractivity contribution in [3.63, 3.8) is 0 Å². The van der Waals surface area contributed by atoms with E-state index in [2.05, 4.69) is 4.98 Å². The normalized spacial score (nSPS) is 10.6. The average molecular weight is 269 g/mol. The van der Waals surface area contributed by atoms with Gasteiger partial charge in [-0.15, -0.1) is 0 Å². The van der Waals surface area contributed by atoms with Crippen LogP contribution in [0.1, 0.15) is 16.2 Å². The van der Waals surface area contributed by atoms with Crippen molar-refractivity contribution in [2.24, 2.45) is 0 Å². The van der Waals surface area contributed by atoms with E-state index in [1.54, 1.807) is 12.1 Å². The second kappa shape index (κ2) is 5.05. The zero-order valence-corrected chi connectivity index (χ0v) is 10.4. The molecule has 0 aliphatic rings. The number of para-hydroxylation sites is 2. The molecule has 0 aliphatic heterocycles. The molecule has 3 rings (SSSR count). The molecule has 0 saturated heterocycles. The van der Waals surface area contributed by atoms with Crippen LogP contribution in [0.4, 0.5) is 0 Å². The van der Waals surface area contributed by atoms with E-state index in [0.717, 1.165) is 5.52 Å². The fraction of sp³-hybridized carbons (Fsp3) is 0.0667. The average Bonchev–Trinajstić information content (AvgIpc) is 2.88. The minimum Gasteiger partial charge on any atom is -0.484 e. The van der Waals surface area contributed by atoms with Crippen molar-refractivity contribution in [2.75, 3.05) is 0 Å². The standard InChI is InChI=1S/C15H11NO4/c17-15(18)10-4-3-5-11(8-10)19-9-14-16-12-6-1-2-7-13(12)20-14/h1-8H,9H2,(H,17,18). The highest BCUT2D eigenvalue weighted by atomic mass is 16.5. The van der Waals surface area contributed by atoms with Crippen LogP contribution in [0, 0.1) is 0 Å². The molecule has 0 unspecified atom stereocenters. The van der Waals surface area contributed by atoms with Gasteiger partial charge in [-0.2, -0.15) is 0 Å². The number of rotatable bonds is 4. The number of oxazole rings is 1. The van der Waals surface area contributed by atoms with Gasteiger partial charge < -0.3 is 14.3 Å². The van der Waals surface area contributed by atoms with Crippen LogP contribution in [0.3, 0.4) is 0 Å². The number of fused-ring (bicyclic) bond motifs is 1. The number of aromatic nitrogens is 1. The zero-order valence-electron chi connectivity index (χ0n) is 10.4. The van der Waals surface area contributed by atoms with Crippen molar-refractivity contribution in [1.29, 1.82) is 0 Å². The van der Waals surface area contributed by atoms with E-state index >= 15 is 0 Å². The molecule has 20 heavy (non-hydrogen) atoms. The molecule has 0 radical (unpaired) electrons. The van der Waals surface area contributed by atoms with Crippen molar-refractivity contribution in [3.05, 3.63) is 60.0 Å². The third-order valence-electron chi connectivity index (χ3n) is 2.78. The van der Waals surface area contributed by atoms with Crippen molar-refractivity contribution in [3.8, 4) is 5.75 Å². The fourth-order valence-corrected chi connectivity index (χ4v) is 1.85. The Balaban J connectivity index is 1.75. The van der Waals surface area contributed by atoms with Crippen LogP contribution < -0.4 is 4.74 Å². The summed E-state index contributed by atoms with van der Waals surface area (Å²) in [6.07, 6.45) is 0. The SMILES string of the molecule is O=C(O)c1cccc(OCc2nc3ccccc3o2)c1. The van der Waals surface area contributed by atoms with Crippen molar-refractivity contribution in [1.82, 2.24) is 4.98 Å². The molecule has 1 N–H and O–H groups in total. The summed E-state index contributed by atoms with van der Waals surface area (Å²) in [7, 11) is 0. The zero-order chi connectivity index (χ0) is 13.9. The third kappa shape index (κ3) is 2.47. The Bertz CT molecular complexity index is 730. The number of carboxylic acids is 1. The van der Waals surface area contributed by atoms with Gasteiger partial charge in [-0.05, 0) is 30.3 Å². The minimum atomic E-state index is -0.989. The molecule has 1 aromatic heterocycles. The molecule has 0 bridgehead atoms. The summed E-state index contributed by atoms with van der Waals surface area (Å²) in [6, 6.07) is 13.7. The molecule has 100 valence electrons. The summed E-state index contributed by atoms with van der Waals surface area (Å²) >= 11 is 0. The van der Waals surface area contributed by atoms with Crippen LogP contribution in [0.25, 0.3) is 11.1 Å². The molecular formula is C15H11NO4. The maximum Gasteiger partial charge on any atom is 0.335 e. The highest BCUT2D eigenvalue weighted by Crippen LogP contribution is 2.18. The molecular weight excluding hydrogens is 258 g/mol. The van der Waals surface area contributed by atoms with Crippen LogP contribution >= 0.6 is 0 Å². The molecule has 5 heteroatoms. The van der Waals surface area contributed by atoms with Gasteiger partial charge in [0.1, 0.15) is 11.3 Å². The van der Waals surface area contributed by atoms with Gasteiger partial charge in [-0.25, -0.2) is 9.78 Å². The lowest BCUT2D eigenvalue weighted by Gasteiger charge is -2.03. The first-order chi connectivity index (χ1) is 9.72. The lowest BCUT2D eigenvalue weighted by molar-refractivity contribution is 0.0696. The van der Waals surface area contributed by atoms with Crippen LogP contribution in [0.5, 0.6) is 5.75 Å². The summed E-state index contributed by atoms with van der Waals surface area (Å²) in [6.45, 7) is 0.151. The summed E-state index contributed by atoms with van der Waals surface area (Å²) in [4.78, 5) is 15.1. The molecule has 0 aliphatic carbocycles. The Kier molecular flexibility index (Phi) is 3.09. The van der Waals surface area contributed by atoms with Gasteiger partial charge in [0.2, 0.25) is 5.89 Å². The largest absolute Gasteiger partial charge is 0.484 e. The molecule has 5 nitrogen and oxygen atoms in total. The van der Waals surface area contributed by atoms with E-state index in [1.165, 1.54) is 12.1 Å². The van der Waals surface area contributed by atoms with E-state index in [0.29, 0.717) is 17.2 Å². The number of carbonyl (C=O) groups is 1.